The van der Waals surface area contributed by atoms with E-state index >= 15 is 0 Å². The average Bonchev–Trinajstić information content (AvgIpc) is 2.31. The van der Waals surface area contributed by atoms with Crippen LogP contribution in [0.15, 0.2) is 12.1 Å². The van der Waals surface area contributed by atoms with E-state index < -0.39 is 0 Å². The Kier molecular flexibility index (Phi) is 5.19. The number of hydrogen-bond acceptors (Lipinski definition) is 4. The summed E-state index contributed by atoms with van der Waals surface area (Å²) < 4.78 is 5.00. The molecule has 2 unspecified atom stereocenters. The van der Waals surface area contributed by atoms with Crippen LogP contribution in [0.25, 0.3) is 0 Å². The first kappa shape index (κ1) is 12.9. The number of ether oxygens (including phenoxy) is 1. The topological polar surface area (TPSA) is 47.0 Å². The molecule has 2 atom stereocenters. The number of methoxy groups -OCH3 is 1. The molecule has 0 amide bonds. The van der Waals surface area contributed by atoms with Crippen LogP contribution in [0.5, 0.6) is 5.88 Å². The second-order valence-electron chi connectivity index (χ2n) is 4.03. The summed E-state index contributed by atoms with van der Waals surface area (Å²) in [6.07, 6.45) is 2.36. The first-order valence-electron chi connectivity index (χ1n) is 5.77. The van der Waals surface area contributed by atoms with Gasteiger partial charge in [0.1, 0.15) is 0 Å². The highest BCUT2D eigenvalue weighted by Gasteiger charge is 2.18. The third-order valence-electron chi connectivity index (χ3n) is 2.81. The fourth-order valence-corrected chi connectivity index (χ4v) is 1.95. The molecule has 0 radical (unpaired) electrons. The lowest BCUT2D eigenvalue weighted by molar-refractivity contribution is 0.364. The Hall–Kier alpha value is -1.16. The number of nitrogens with zero attached hydrogens (tertiary/aromatic N) is 2. The number of hydrogen-bond donors (Lipinski definition) is 1. The van der Waals surface area contributed by atoms with Crippen LogP contribution in [0, 0.1) is 5.92 Å². The Morgan fingerprint density at radius 3 is 2.56 bits per heavy atom. The SMILES string of the molecule is CCCC(C)C(NC)c1ccc(OC)nn1. The molecule has 0 spiro atoms. The van der Waals surface area contributed by atoms with Gasteiger partial charge in [0.25, 0.3) is 0 Å². The van der Waals surface area contributed by atoms with Crippen molar-refractivity contribution in [2.24, 2.45) is 5.92 Å². The van der Waals surface area contributed by atoms with Crippen molar-refractivity contribution in [3.63, 3.8) is 0 Å². The second-order valence-corrected chi connectivity index (χ2v) is 4.03. The van der Waals surface area contributed by atoms with Crippen LogP contribution in [-0.4, -0.2) is 24.4 Å². The Morgan fingerprint density at radius 2 is 2.12 bits per heavy atom. The van der Waals surface area contributed by atoms with Gasteiger partial charge in [-0.05, 0) is 25.5 Å². The smallest absolute Gasteiger partial charge is 0.233 e. The van der Waals surface area contributed by atoms with Crippen LogP contribution in [0.4, 0.5) is 0 Å². The lowest BCUT2D eigenvalue weighted by atomic mass is 9.94. The van der Waals surface area contributed by atoms with Gasteiger partial charge in [0.05, 0.1) is 18.8 Å². The van der Waals surface area contributed by atoms with Crippen molar-refractivity contribution in [2.45, 2.75) is 32.7 Å². The second kappa shape index (κ2) is 6.43. The standard InChI is InChI=1S/C12H21N3O/c1-5-6-9(2)12(13-3)10-7-8-11(16-4)15-14-10/h7-9,12-13H,5-6H2,1-4H3. The van der Waals surface area contributed by atoms with Crippen molar-refractivity contribution in [2.75, 3.05) is 14.2 Å². The number of rotatable bonds is 6. The summed E-state index contributed by atoms with van der Waals surface area (Å²) in [5.74, 6) is 1.11. The van der Waals surface area contributed by atoms with Gasteiger partial charge in [0.15, 0.2) is 0 Å². The molecule has 1 aromatic heterocycles. The molecule has 0 aliphatic heterocycles. The molecule has 0 aliphatic carbocycles. The van der Waals surface area contributed by atoms with Crippen molar-refractivity contribution >= 4 is 0 Å². The van der Waals surface area contributed by atoms with E-state index in [1.807, 2.05) is 19.2 Å². The number of aromatic nitrogens is 2. The fraction of sp³-hybridized carbons (Fsp3) is 0.667. The van der Waals surface area contributed by atoms with E-state index in [2.05, 4.69) is 29.4 Å². The van der Waals surface area contributed by atoms with Crippen molar-refractivity contribution in [1.82, 2.24) is 15.5 Å². The first-order chi connectivity index (χ1) is 7.72. The van der Waals surface area contributed by atoms with Crippen LogP contribution in [0.1, 0.15) is 38.4 Å². The molecule has 0 saturated heterocycles. The Morgan fingerprint density at radius 1 is 1.38 bits per heavy atom. The van der Waals surface area contributed by atoms with Gasteiger partial charge in [-0.1, -0.05) is 20.3 Å². The van der Waals surface area contributed by atoms with Gasteiger partial charge >= 0.3 is 0 Å². The molecule has 90 valence electrons. The van der Waals surface area contributed by atoms with Crippen molar-refractivity contribution in [1.29, 1.82) is 0 Å². The predicted octanol–water partition coefficient (Wildman–Crippen LogP) is 2.18. The molecule has 1 aromatic rings. The first-order valence-corrected chi connectivity index (χ1v) is 5.77. The minimum atomic E-state index is 0.262. The van der Waals surface area contributed by atoms with E-state index in [9.17, 15) is 0 Å². The molecule has 0 bridgehead atoms. The molecule has 0 saturated carbocycles. The van der Waals surface area contributed by atoms with Crippen LogP contribution in [-0.2, 0) is 0 Å². The quantitative estimate of drug-likeness (QED) is 0.803. The normalized spacial score (nSPS) is 14.5. The lowest BCUT2D eigenvalue weighted by Crippen LogP contribution is -2.24. The molecular weight excluding hydrogens is 202 g/mol. The molecule has 4 heteroatoms. The summed E-state index contributed by atoms with van der Waals surface area (Å²) in [5, 5.41) is 11.5. The zero-order valence-electron chi connectivity index (χ0n) is 10.5. The Labute approximate surface area is 97.4 Å². The molecule has 16 heavy (non-hydrogen) atoms. The maximum Gasteiger partial charge on any atom is 0.233 e. The summed E-state index contributed by atoms with van der Waals surface area (Å²) >= 11 is 0. The molecule has 0 fully saturated rings. The molecule has 1 rings (SSSR count). The minimum Gasteiger partial charge on any atom is -0.480 e. The van der Waals surface area contributed by atoms with Gasteiger partial charge in [-0.15, -0.1) is 5.10 Å². The van der Waals surface area contributed by atoms with Gasteiger partial charge in [-0.3, -0.25) is 0 Å². The monoisotopic (exact) mass is 223 g/mol. The zero-order valence-corrected chi connectivity index (χ0v) is 10.5. The number of nitrogens with one attached hydrogen (secondary N) is 1. The van der Waals surface area contributed by atoms with Crippen molar-refractivity contribution in [3.8, 4) is 5.88 Å². The highest BCUT2D eigenvalue weighted by molar-refractivity contribution is 5.14. The van der Waals surface area contributed by atoms with E-state index in [1.54, 1.807) is 7.11 Å². The van der Waals surface area contributed by atoms with Crippen molar-refractivity contribution < 1.29 is 4.74 Å². The summed E-state index contributed by atoms with van der Waals surface area (Å²) in [5.41, 5.74) is 0.976. The minimum absolute atomic E-state index is 0.262. The van der Waals surface area contributed by atoms with Gasteiger partial charge < -0.3 is 10.1 Å². The zero-order chi connectivity index (χ0) is 12.0. The Balaban J connectivity index is 2.78. The lowest BCUT2D eigenvalue weighted by Gasteiger charge is -2.22. The summed E-state index contributed by atoms with van der Waals surface area (Å²) in [6, 6.07) is 4.09. The highest BCUT2D eigenvalue weighted by Crippen LogP contribution is 2.23. The predicted molar refractivity (Wildman–Crippen MR) is 64.5 cm³/mol. The third-order valence-corrected chi connectivity index (χ3v) is 2.81. The van der Waals surface area contributed by atoms with Gasteiger partial charge in [-0.2, -0.15) is 5.10 Å². The highest BCUT2D eigenvalue weighted by atomic mass is 16.5. The van der Waals surface area contributed by atoms with Crippen LogP contribution >= 0.6 is 0 Å². The van der Waals surface area contributed by atoms with E-state index in [0.717, 1.165) is 5.69 Å². The van der Waals surface area contributed by atoms with Crippen molar-refractivity contribution in [3.05, 3.63) is 17.8 Å². The fourth-order valence-electron chi connectivity index (χ4n) is 1.95. The van der Waals surface area contributed by atoms with E-state index in [0.29, 0.717) is 11.8 Å². The van der Waals surface area contributed by atoms with E-state index in [-0.39, 0.29) is 6.04 Å². The average molecular weight is 223 g/mol. The van der Waals surface area contributed by atoms with Crippen LogP contribution in [0.3, 0.4) is 0 Å². The molecule has 1 heterocycles. The molecule has 0 aliphatic rings. The van der Waals surface area contributed by atoms with Gasteiger partial charge in [0, 0.05) is 6.07 Å². The summed E-state index contributed by atoms with van der Waals surface area (Å²) in [6.45, 7) is 4.43. The Bertz CT molecular complexity index is 300. The maximum atomic E-state index is 5.00. The molecule has 4 nitrogen and oxygen atoms in total. The summed E-state index contributed by atoms with van der Waals surface area (Å²) in [4.78, 5) is 0. The van der Waals surface area contributed by atoms with Gasteiger partial charge in [0.2, 0.25) is 5.88 Å². The van der Waals surface area contributed by atoms with Crippen LogP contribution < -0.4 is 10.1 Å². The van der Waals surface area contributed by atoms with Crippen LogP contribution in [0.2, 0.25) is 0 Å². The third kappa shape index (κ3) is 3.17. The maximum absolute atomic E-state index is 5.00. The molecule has 1 N–H and O–H groups in total. The van der Waals surface area contributed by atoms with Gasteiger partial charge in [-0.25, -0.2) is 0 Å². The largest absolute Gasteiger partial charge is 0.480 e. The van der Waals surface area contributed by atoms with E-state index in [4.69, 9.17) is 4.74 Å². The summed E-state index contributed by atoms with van der Waals surface area (Å²) in [7, 11) is 3.56. The van der Waals surface area contributed by atoms with E-state index in [1.165, 1.54) is 12.8 Å². The molecular formula is C12H21N3O. The molecule has 0 aromatic carbocycles.